The van der Waals surface area contributed by atoms with E-state index in [1.54, 1.807) is 6.92 Å². The zero-order chi connectivity index (χ0) is 21.1. The molecule has 2 aliphatic heterocycles. The molecule has 29 heavy (non-hydrogen) atoms. The van der Waals surface area contributed by atoms with Crippen LogP contribution in [0.3, 0.4) is 0 Å². The van der Waals surface area contributed by atoms with Crippen LogP contribution in [0.15, 0.2) is 31.0 Å². The van der Waals surface area contributed by atoms with Gasteiger partial charge in [-0.05, 0) is 6.92 Å². The summed E-state index contributed by atoms with van der Waals surface area (Å²) in [5.41, 5.74) is 0.550. The van der Waals surface area contributed by atoms with Gasteiger partial charge in [0, 0.05) is 4.88 Å². The van der Waals surface area contributed by atoms with Gasteiger partial charge in [-0.3, -0.25) is 15.0 Å². The van der Waals surface area contributed by atoms with Gasteiger partial charge in [0.25, 0.3) is 0 Å². The fourth-order valence-electron chi connectivity index (χ4n) is 2.83. The molecule has 0 radical (unpaired) electrons. The topological polar surface area (TPSA) is 118 Å². The van der Waals surface area contributed by atoms with Crippen LogP contribution in [-0.2, 0) is 19.1 Å². The Kier molecular flexibility index (Phi) is 6.40. The molecule has 0 spiro atoms. The standard InChI is InChI=1S/C18H19N3O6S2/c1-4-6-26-16(24)12-13(29-15-10(8-22)14(23)21(12)15)11-9(3)28-17(19-11)20-18(25)27-7-5-2/h4-5,10,15,22H,1-2,6-8H2,3H3,(H,19,20,25)/t10-,15+/m0/s1. The van der Waals surface area contributed by atoms with Gasteiger partial charge in [0.1, 0.15) is 24.3 Å². The highest BCUT2D eigenvalue weighted by Crippen LogP contribution is 2.53. The molecule has 3 heterocycles. The molecular formula is C18H19N3O6S2. The number of esters is 1. The molecule has 1 aromatic heterocycles. The average molecular weight is 437 g/mol. The Balaban J connectivity index is 1.92. The SMILES string of the molecule is C=CCOC(=O)Nc1nc(C2=C(C(=O)OCC=C)N3C(=O)[C@H](CO)[C@H]3S2)c(C)s1. The van der Waals surface area contributed by atoms with Crippen LogP contribution in [0.25, 0.3) is 4.91 Å². The maximum Gasteiger partial charge on any atom is 0.413 e. The van der Waals surface area contributed by atoms with Crippen molar-refractivity contribution in [3.8, 4) is 0 Å². The molecule has 2 amide bonds. The maximum atomic E-state index is 12.6. The molecule has 1 saturated heterocycles. The summed E-state index contributed by atoms with van der Waals surface area (Å²) in [5.74, 6) is -1.61. The molecule has 2 N–H and O–H groups in total. The van der Waals surface area contributed by atoms with Crippen molar-refractivity contribution in [3.63, 3.8) is 0 Å². The van der Waals surface area contributed by atoms with Crippen molar-refractivity contribution in [1.82, 2.24) is 9.88 Å². The number of rotatable bonds is 8. The van der Waals surface area contributed by atoms with Crippen molar-refractivity contribution in [2.24, 2.45) is 5.92 Å². The van der Waals surface area contributed by atoms with Gasteiger partial charge in [0.2, 0.25) is 5.91 Å². The number of carbonyl (C=O) groups excluding carboxylic acids is 3. The molecule has 11 heteroatoms. The minimum absolute atomic E-state index is 0.00555. The minimum atomic E-state index is -0.678. The molecule has 3 rings (SSSR count). The first-order valence-electron chi connectivity index (χ1n) is 8.58. The number of aryl methyl sites for hydroxylation is 1. The number of β-lactam (4-membered cyclic amide) rings is 1. The van der Waals surface area contributed by atoms with Crippen LogP contribution in [0.5, 0.6) is 0 Å². The summed E-state index contributed by atoms with van der Waals surface area (Å²) >= 11 is 2.47. The predicted octanol–water partition coefficient (Wildman–Crippen LogP) is 2.11. The van der Waals surface area contributed by atoms with Gasteiger partial charge in [-0.2, -0.15) is 0 Å². The average Bonchev–Trinajstić information content (AvgIpc) is 3.22. The van der Waals surface area contributed by atoms with Crippen LogP contribution in [-0.4, -0.2) is 58.2 Å². The van der Waals surface area contributed by atoms with Gasteiger partial charge in [-0.1, -0.05) is 37.1 Å². The molecule has 0 aliphatic carbocycles. The molecular weight excluding hydrogens is 418 g/mol. The number of thioether (sulfide) groups is 1. The van der Waals surface area contributed by atoms with Crippen molar-refractivity contribution < 1.29 is 29.0 Å². The summed E-state index contributed by atoms with van der Waals surface area (Å²) in [4.78, 5) is 43.7. The number of nitrogens with zero attached hydrogens (tertiary/aromatic N) is 2. The van der Waals surface area contributed by atoms with Crippen molar-refractivity contribution in [2.75, 3.05) is 25.1 Å². The minimum Gasteiger partial charge on any atom is -0.457 e. The first-order valence-corrected chi connectivity index (χ1v) is 10.3. The lowest BCUT2D eigenvalue weighted by atomic mass is 9.98. The summed E-state index contributed by atoms with van der Waals surface area (Å²) in [7, 11) is 0. The summed E-state index contributed by atoms with van der Waals surface area (Å²) in [6.45, 7) is 8.51. The third-order valence-corrected chi connectivity index (χ3v) is 6.41. The second kappa shape index (κ2) is 8.80. The first kappa shape index (κ1) is 21.1. The van der Waals surface area contributed by atoms with Gasteiger partial charge in [0.15, 0.2) is 5.13 Å². The number of fused-ring (bicyclic) bond motifs is 1. The summed E-state index contributed by atoms with van der Waals surface area (Å²) in [5, 5.41) is 11.9. The van der Waals surface area contributed by atoms with Gasteiger partial charge in [-0.15, -0.1) is 11.3 Å². The number of anilines is 1. The van der Waals surface area contributed by atoms with Crippen LogP contribution in [0.2, 0.25) is 0 Å². The van der Waals surface area contributed by atoms with Gasteiger partial charge in [0.05, 0.1) is 23.1 Å². The number of carbonyl (C=O) groups is 3. The number of nitrogens with one attached hydrogen (secondary N) is 1. The lowest BCUT2D eigenvalue weighted by Crippen LogP contribution is -2.58. The molecule has 0 saturated carbocycles. The van der Waals surface area contributed by atoms with Gasteiger partial charge in [-0.25, -0.2) is 14.6 Å². The molecule has 0 aromatic carbocycles. The first-order chi connectivity index (χ1) is 13.9. The van der Waals surface area contributed by atoms with Crippen LogP contribution in [0.4, 0.5) is 9.93 Å². The van der Waals surface area contributed by atoms with E-state index in [4.69, 9.17) is 9.47 Å². The second-order valence-electron chi connectivity index (χ2n) is 6.01. The van der Waals surface area contributed by atoms with Crippen molar-refractivity contribution >= 4 is 51.1 Å². The number of aromatic nitrogens is 1. The highest BCUT2D eigenvalue weighted by atomic mass is 32.2. The van der Waals surface area contributed by atoms with Crippen LogP contribution in [0, 0.1) is 12.8 Å². The lowest BCUT2D eigenvalue weighted by Gasteiger charge is -2.41. The van der Waals surface area contributed by atoms with E-state index in [1.807, 2.05) is 0 Å². The highest BCUT2D eigenvalue weighted by Gasteiger charge is 2.56. The molecule has 0 unspecified atom stereocenters. The highest BCUT2D eigenvalue weighted by molar-refractivity contribution is 8.09. The number of amides is 2. The molecule has 0 bridgehead atoms. The number of aliphatic hydroxyl groups is 1. The summed E-state index contributed by atoms with van der Waals surface area (Å²) in [6.07, 6.45) is 2.19. The Morgan fingerprint density at radius 3 is 2.66 bits per heavy atom. The number of thiazole rings is 1. The number of hydrogen-bond donors (Lipinski definition) is 2. The maximum absolute atomic E-state index is 12.6. The Hall–Kier alpha value is -2.63. The Morgan fingerprint density at radius 2 is 2.00 bits per heavy atom. The van der Waals surface area contributed by atoms with Crippen LogP contribution < -0.4 is 5.32 Å². The van der Waals surface area contributed by atoms with Crippen molar-refractivity contribution in [2.45, 2.75) is 12.3 Å². The van der Waals surface area contributed by atoms with Gasteiger partial charge >= 0.3 is 12.1 Å². The molecule has 154 valence electrons. The quantitative estimate of drug-likeness (QED) is 0.361. The number of hydrogen-bond acceptors (Lipinski definition) is 9. The van der Waals surface area contributed by atoms with E-state index >= 15 is 0 Å². The van der Waals surface area contributed by atoms with E-state index in [0.29, 0.717) is 10.6 Å². The van der Waals surface area contributed by atoms with E-state index < -0.39 is 23.4 Å². The van der Waals surface area contributed by atoms with E-state index in [2.05, 4.69) is 23.5 Å². The third-order valence-electron chi connectivity index (χ3n) is 4.12. The van der Waals surface area contributed by atoms with Crippen molar-refractivity contribution in [3.05, 3.63) is 41.6 Å². The van der Waals surface area contributed by atoms with E-state index in [-0.39, 0.29) is 36.6 Å². The monoisotopic (exact) mass is 437 g/mol. The molecule has 1 aromatic rings. The van der Waals surface area contributed by atoms with E-state index in [1.165, 1.54) is 40.2 Å². The largest absolute Gasteiger partial charge is 0.457 e. The normalized spacial score (nSPS) is 20.1. The molecule has 9 nitrogen and oxygen atoms in total. The Labute approximate surface area is 175 Å². The predicted molar refractivity (Wildman–Crippen MR) is 109 cm³/mol. The van der Waals surface area contributed by atoms with Crippen LogP contribution in [0.1, 0.15) is 10.6 Å². The second-order valence-corrected chi connectivity index (χ2v) is 8.34. The molecule has 2 aliphatic rings. The number of ether oxygens (including phenoxy) is 2. The fourth-order valence-corrected chi connectivity index (χ4v) is 5.23. The Bertz CT molecular complexity index is 909. The molecule has 2 atom stereocenters. The van der Waals surface area contributed by atoms with E-state index in [0.717, 1.165) is 4.88 Å². The third kappa shape index (κ3) is 3.93. The summed E-state index contributed by atoms with van der Waals surface area (Å²) < 4.78 is 10.0. The number of aliphatic hydroxyl groups excluding tert-OH is 1. The van der Waals surface area contributed by atoms with Crippen molar-refractivity contribution in [1.29, 1.82) is 0 Å². The van der Waals surface area contributed by atoms with Crippen LogP contribution >= 0.6 is 23.1 Å². The smallest absolute Gasteiger partial charge is 0.413 e. The van der Waals surface area contributed by atoms with E-state index in [9.17, 15) is 19.5 Å². The lowest BCUT2D eigenvalue weighted by molar-refractivity contribution is -0.154. The molecule has 1 fully saturated rings. The fraction of sp³-hybridized carbons (Fsp3) is 0.333. The Morgan fingerprint density at radius 1 is 1.31 bits per heavy atom. The summed E-state index contributed by atoms with van der Waals surface area (Å²) in [6, 6.07) is 0. The zero-order valence-corrected chi connectivity index (χ0v) is 17.2. The van der Waals surface area contributed by atoms with Gasteiger partial charge < -0.3 is 14.6 Å². The zero-order valence-electron chi connectivity index (χ0n) is 15.5.